The first kappa shape index (κ1) is 19.2. The molecule has 152 valence electrons. The summed E-state index contributed by atoms with van der Waals surface area (Å²) < 4.78 is 51.7. The second-order valence-corrected chi connectivity index (χ2v) is 7.36. The molecule has 1 amide bonds. The van der Waals surface area contributed by atoms with E-state index in [9.17, 15) is 18.0 Å². The third-order valence-corrected chi connectivity index (χ3v) is 4.95. The summed E-state index contributed by atoms with van der Waals surface area (Å²) in [7, 11) is 0. The molecule has 0 saturated carbocycles. The highest BCUT2D eigenvalue weighted by molar-refractivity contribution is 7.14. The molecular formula is C18H15F3N4O3S. The Morgan fingerprint density at radius 2 is 2.03 bits per heavy atom. The van der Waals surface area contributed by atoms with Gasteiger partial charge in [-0.3, -0.25) is 14.8 Å². The van der Waals surface area contributed by atoms with Crippen molar-refractivity contribution in [3.8, 4) is 22.8 Å². The fraction of sp³-hybridized carbons (Fsp3) is 0.278. The second kappa shape index (κ2) is 7.07. The Hall–Kier alpha value is -3.08. The third-order valence-electron chi connectivity index (χ3n) is 4.19. The van der Waals surface area contributed by atoms with Crippen LogP contribution in [0.5, 0.6) is 11.5 Å². The summed E-state index contributed by atoms with van der Waals surface area (Å²) >= 11 is 1.10. The quantitative estimate of drug-likeness (QED) is 0.663. The topological polar surface area (TPSA) is 78.3 Å². The monoisotopic (exact) mass is 424 g/mol. The van der Waals surface area contributed by atoms with E-state index in [4.69, 9.17) is 9.47 Å². The van der Waals surface area contributed by atoms with Crippen LogP contribution in [0.2, 0.25) is 0 Å². The molecule has 0 atom stereocenters. The van der Waals surface area contributed by atoms with E-state index in [1.165, 1.54) is 0 Å². The number of thiazole rings is 1. The molecular weight excluding hydrogens is 409 g/mol. The lowest BCUT2D eigenvalue weighted by Gasteiger charge is -2.14. The molecule has 1 N–H and O–H groups in total. The maximum atomic E-state index is 13.5. The molecule has 7 nitrogen and oxygen atoms in total. The summed E-state index contributed by atoms with van der Waals surface area (Å²) in [5.74, 6) is 0.284. The van der Waals surface area contributed by atoms with Crippen molar-refractivity contribution in [1.82, 2.24) is 14.8 Å². The first-order valence-corrected chi connectivity index (χ1v) is 9.43. The predicted octanol–water partition coefficient (Wildman–Crippen LogP) is 4.59. The molecule has 1 aliphatic rings. The van der Waals surface area contributed by atoms with Crippen LogP contribution in [0.15, 0.2) is 29.8 Å². The van der Waals surface area contributed by atoms with Gasteiger partial charge in [0.1, 0.15) is 0 Å². The fourth-order valence-electron chi connectivity index (χ4n) is 2.89. The van der Waals surface area contributed by atoms with Crippen LogP contribution in [-0.4, -0.2) is 27.5 Å². The largest absolute Gasteiger partial charge is 0.454 e. The molecule has 0 radical (unpaired) electrons. The molecule has 4 rings (SSSR count). The molecule has 3 heterocycles. The van der Waals surface area contributed by atoms with Gasteiger partial charge in [0.05, 0.1) is 17.5 Å². The van der Waals surface area contributed by atoms with E-state index in [1.807, 2.05) is 0 Å². The van der Waals surface area contributed by atoms with Crippen LogP contribution in [-0.2, 0) is 6.18 Å². The highest BCUT2D eigenvalue weighted by Crippen LogP contribution is 2.37. The lowest BCUT2D eigenvalue weighted by Crippen LogP contribution is -2.22. The summed E-state index contributed by atoms with van der Waals surface area (Å²) in [4.78, 5) is 16.8. The number of nitrogens with zero attached hydrogens (tertiary/aromatic N) is 3. The van der Waals surface area contributed by atoms with Gasteiger partial charge in [0, 0.05) is 17.0 Å². The van der Waals surface area contributed by atoms with Crippen LogP contribution < -0.4 is 14.8 Å². The number of ether oxygens (including phenoxy) is 2. The van der Waals surface area contributed by atoms with E-state index in [-0.39, 0.29) is 11.9 Å². The summed E-state index contributed by atoms with van der Waals surface area (Å²) in [6.07, 6.45) is -3.79. The van der Waals surface area contributed by atoms with E-state index in [0.29, 0.717) is 17.2 Å². The van der Waals surface area contributed by atoms with Crippen LogP contribution in [0.3, 0.4) is 0 Å². The highest BCUT2D eigenvalue weighted by Gasteiger charge is 2.40. The molecule has 29 heavy (non-hydrogen) atoms. The third kappa shape index (κ3) is 3.65. The van der Waals surface area contributed by atoms with Crippen molar-refractivity contribution in [1.29, 1.82) is 0 Å². The van der Waals surface area contributed by atoms with E-state index in [2.05, 4.69) is 15.4 Å². The Labute approximate surface area is 167 Å². The number of nitrogens with one attached hydrogen (secondary N) is 1. The number of halogens is 3. The van der Waals surface area contributed by atoms with Gasteiger partial charge in [-0.25, -0.2) is 4.98 Å². The van der Waals surface area contributed by atoms with Gasteiger partial charge in [0.15, 0.2) is 22.3 Å². The standard InChI is InChI=1S/C18H15F3N4O3S/c1-9(2)25-15(18(19,20)21)11(6-22-25)16(26)24-17-23-12(7-29-17)10-3-4-13-14(5-10)28-8-27-13/h3-7,9H,8H2,1-2H3,(H,23,24,26). The summed E-state index contributed by atoms with van der Waals surface area (Å²) in [5, 5.41) is 8.01. The Morgan fingerprint density at radius 3 is 2.76 bits per heavy atom. The summed E-state index contributed by atoms with van der Waals surface area (Å²) in [6, 6.07) is 4.72. The molecule has 1 aromatic carbocycles. The maximum Gasteiger partial charge on any atom is 0.433 e. The Kier molecular flexibility index (Phi) is 4.69. The number of fused-ring (bicyclic) bond motifs is 1. The lowest BCUT2D eigenvalue weighted by molar-refractivity contribution is -0.145. The first-order valence-electron chi connectivity index (χ1n) is 8.55. The number of benzene rings is 1. The van der Waals surface area contributed by atoms with Gasteiger partial charge in [0.25, 0.3) is 5.91 Å². The van der Waals surface area contributed by atoms with E-state index in [0.717, 1.165) is 27.8 Å². The van der Waals surface area contributed by atoms with Crippen LogP contribution in [0.25, 0.3) is 11.3 Å². The second-order valence-electron chi connectivity index (χ2n) is 6.50. The fourth-order valence-corrected chi connectivity index (χ4v) is 3.60. The number of alkyl halides is 3. The molecule has 0 aliphatic carbocycles. The van der Waals surface area contributed by atoms with Crippen molar-refractivity contribution in [2.24, 2.45) is 0 Å². The molecule has 11 heteroatoms. The molecule has 0 fully saturated rings. The van der Waals surface area contributed by atoms with E-state index in [1.54, 1.807) is 37.4 Å². The van der Waals surface area contributed by atoms with Gasteiger partial charge in [-0.2, -0.15) is 18.3 Å². The number of carbonyl (C=O) groups is 1. The average molecular weight is 424 g/mol. The Balaban J connectivity index is 1.58. The number of amides is 1. The number of carbonyl (C=O) groups excluding carboxylic acids is 1. The zero-order chi connectivity index (χ0) is 20.8. The van der Waals surface area contributed by atoms with Gasteiger partial charge in [-0.1, -0.05) is 0 Å². The number of anilines is 1. The van der Waals surface area contributed by atoms with Gasteiger partial charge in [-0.05, 0) is 32.0 Å². The molecule has 2 aromatic heterocycles. The van der Waals surface area contributed by atoms with E-state index >= 15 is 0 Å². The van der Waals surface area contributed by atoms with Crippen molar-refractivity contribution in [2.45, 2.75) is 26.1 Å². The molecule has 0 saturated heterocycles. The number of hydrogen-bond donors (Lipinski definition) is 1. The molecule has 3 aromatic rings. The minimum Gasteiger partial charge on any atom is -0.454 e. The van der Waals surface area contributed by atoms with Crippen molar-refractivity contribution in [3.05, 3.63) is 41.0 Å². The van der Waals surface area contributed by atoms with Crippen LogP contribution in [0.1, 0.15) is 35.9 Å². The van der Waals surface area contributed by atoms with Crippen LogP contribution in [0, 0.1) is 0 Å². The van der Waals surface area contributed by atoms with Gasteiger partial charge >= 0.3 is 6.18 Å². The zero-order valence-electron chi connectivity index (χ0n) is 15.3. The lowest BCUT2D eigenvalue weighted by atomic mass is 10.1. The highest BCUT2D eigenvalue weighted by atomic mass is 32.1. The molecule has 0 unspecified atom stereocenters. The number of rotatable bonds is 4. The van der Waals surface area contributed by atoms with Crippen molar-refractivity contribution in [2.75, 3.05) is 12.1 Å². The predicted molar refractivity (Wildman–Crippen MR) is 99.2 cm³/mol. The van der Waals surface area contributed by atoms with Gasteiger partial charge < -0.3 is 9.47 Å². The Bertz CT molecular complexity index is 1070. The van der Waals surface area contributed by atoms with Crippen LogP contribution in [0.4, 0.5) is 18.3 Å². The SMILES string of the molecule is CC(C)n1ncc(C(=O)Nc2nc(-c3ccc4c(c3)OCO4)cs2)c1C(F)(F)F. The zero-order valence-corrected chi connectivity index (χ0v) is 16.1. The number of aromatic nitrogens is 3. The average Bonchev–Trinajstić information content (AvgIpc) is 3.38. The van der Waals surface area contributed by atoms with Crippen molar-refractivity contribution >= 4 is 22.4 Å². The summed E-state index contributed by atoms with van der Waals surface area (Å²) in [6.45, 7) is 3.26. The first-order chi connectivity index (χ1) is 13.7. The van der Waals surface area contributed by atoms with Crippen molar-refractivity contribution < 1.29 is 27.4 Å². The van der Waals surface area contributed by atoms with E-state index < -0.39 is 29.4 Å². The number of hydrogen-bond acceptors (Lipinski definition) is 6. The molecule has 0 spiro atoms. The normalized spacial score (nSPS) is 13.2. The molecule has 0 bridgehead atoms. The molecule has 1 aliphatic heterocycles. The van der Waals surface area contributed by atoms with Gasteiger partial charge in [-0.15, -0.1) is 11.3 Å². The van der Waals surface area contributed by atoms with Crippen molar-refractivity contribution in [3.63, 3.8) is 0 Å². The minimum atomic E-state index is -4.71. The van der Waals surface area contributed by atoms with Crippen LogP contribution >= 0.6 is 11.3 Å². The summed E-state index contributed by atoms with van der Waals surface area (Å²) in [5.41, 5.74) is -0.351. The minimum absolute atomic E-state index is 0.142. The van der Waals surface area contributed by atoms with Gasteiger partial charge in [0.2, 0.25) is 6.79 Å². The Morgan fingerprint density at radius 1 is 1.28 bits per heavy atom. The maximum absolute atomic E-state index is 13.5. The smallest absolute Gasteiger partial charge is 0.433 e.